The predicted molar refractivity (Wildman–Crippen MR) is 63.5 cm³/mol. The van der Waals surface area contributed by atoms with Crippen LogP contribution >= 0.6 is 11.6 Å². The zero-order chi connectivity index (χ0) is 11.4. The van der Waals surface area contributed by atoms with E-state index in [0.29, 0.717) is 10.8 Å². The molecular formula is C11H14ClN3O. The molecule has 4 nitrogen and oxygen atoms in total. The van der Waals surface area contributed by atoms with E-state index in [9.17, 15) is 4.79 Å². The molecular weight excluding hydrogens is 226 g/mol. The molecule has 0 aliphatic carbocycles. The molecule has 1 aromatic heterocycles. The summed E-state index contributed by atoms with van der Waals surface area (Å²) in [5.74, 6) is 0.472. The third-order valence-electron chi connectivity index (χ3n) is 2.60. The number of carbonyl (C=O) groups excluding carboxylic acids is 1. The molecule has 5 heteroatoms. The van der Waals surface area contributed by atoms with Crippen LogP contribution in [0.1, 0.15) is 19.3 Å². The van der Waals surface area contributed by atoms with Crippen LogP contribution in [0.5, 0.6) is 0 Å². The number of hydrogen-bond donors (Lipinski definition) is 2. The van der Waals surface area contributed by atoms with Crippen LogP contribution in [0.3, 0.4) is 0 Å². The average molecular weight is 240 g/mol. The molecule has 0 bridgehead atoms. The highest BCUT2D eigenvalue weighted by Gasteiger charge is 2.20. The van der Waals surface area contributed by atoms with E-state index < -0.39 is 0 Å². The standard InChI is InChI=1S/C11H14ClN3O/c12-8-4-6-14-10(7-8)15-11(16)9-3-1-2-5-13-9/h4,6-7,9,13H,1-3,5H2,(H,14,15,16)/t9-/m0/s1. The van der Waals surface area contributed by atoms with Crippen molar-refractivity contribution in [2.75, 3.05) is 11.9 Å². The highest BCUT2D eigenvalue weighted by molar-refractivity contribution is 6.30. The summed E-state index contributed by atoms with van der Waals surface area (Å²) in [7, 11) is 0. The summed E-state index contributed by atoms with van der Waals surface area (Å²) in [5.41, 5.74) is 0. The number of pyridine rings is 1. The van der Waals surface area contributed by atoms with Crippen LogP contribution in [0.2, 0.25) is 5.02 Å². The first-order valence-corrected chi connectivity index (χ1v) is 5.79. The highest BCUT2D eigenvalue weighted by atomic mass is 35.5. The van der Waals surface area contributed by atoms with Crippen molar-refractivity contribution in [3.05, 3.63) is 23.4 Å². The molecule has 0 spiro atoms. The predicted octanol–water partition coefficient (Wildman–Crippen LogP) is 1.82. The minimum absolute atomic E-state index is 0.0329. The maximum atomic E-state index is 11.8. The molecule has 0 unspecified atom stereocenters. The molecule has 1 amide bonds. The lowest BCUT2D eigenvalue weighted by Crippen LogP contribution is -2.43. The fourth-order valence-corrected chi connectivity index (χ4v) is 1.92. The van der Waals surface area contributed by atoms with Gasteiger partial charge in [0.1, 0.15) is 5.82 Å². The number of aromatic nitrogens is 1. The van der Waals surface area contributed by atoms with Crippen molar-refractivity contribution in [2.45, 2.75) is 25.3 Å². The number of anilines is 1. The summed E-state index contributed by atoms with van der Waals surface area (Å²) in [6.45, 7) is 0.904. The zero-order valence-corrected chi connectivity index (χ0v) is 9.63. The molecule has 2 heterocycles. The summed E-state index contributed by atoms with van der Waals surface area (Å²) in [5, 5.41) is 6.51. The molecule has 86 valence electrons. The van der Waals surface area contributed by atoms with Gasteiger partial charge in [0.15, 0.2) is 0 Å². The summed E-state index contributed by atoms with van der Waals surface area (Å²) in [6.07, 6.45) is 4.69. The van der Waals surface area contributed by atoms with Crippen LogP contribution in [0, 0.1) is 0 Å². The number of amides is 1. The van der Waals surface area contributed by atoms with Crippen molar-refractivity contribution >= 4 is 23.3 Å². The molecule has 2 rings (SSSR count). The van der Waals surface area contributed by atoms with Gasteiger partial charge in [0.25, 0.3) is 0 Å². The zero-order valence-electron chi connectivity index (χ0n) is 8.87. The van der Waals surface area contributed by atoms with Crippen LogP contribution in [-0.2, 0) is 4.79 Å². The molecule has 1 atom stereocenters. The second-order valence-electron chi connectivity index (χ2n) is 3.85. The molecule has 1 aliphatic heterocycles. The van der Waals surface area contributed by atoms with Gasteiger partial charge in [-0.15, -0.1) is 0 Å². The van der Waals surface area contributed by atoms with Gasteiger partial charge in [-0.3, -0.25) is 4.79 Å². The SMILES string of the molecule is O=C(Nc1cc(Cl)ccn1)[C@@H]1CCCCN1. The van der Waals surface area contributed by atoms with Crippen LogP contribution in [0.25, 0.3) is 0 Å². The van der Waals surface area contributed by atoms with Crippen LogP contribution in [0.4, 0.5) is 5.82 Å². The number of carbonyl (C=O) groups is 1. The van der Waals surface area contributed by atoms with Crippen molar-refractivity contribution in [3.8, 4) is 0 Å². The van der Waals surface area contributed by atoms with E-state index in [4.69, 9.17) is 11.6 Å². The fraction of sp³-hybridized carbons (Fsp3) is 0.455. The molecule has 1 aliphatic rings. The van der Waals surface area contributed by atoms with E-state index in [1.54, 1.807) is 18.3 Å². The Kier molecular flexibility index (Phi) is 3.74. The third kappa shape index (κ3) is 2.93. The van der Waals surface area contributed by atoms with Crippen LogP contribution < -0.4 is 10.6 Å². The summed E-state index contributed by atoms with van der Waals surface area (Å²) < 4.78 is 0. The maximum Gasteiger partial charge on any atom is 0.242 e. The molecule has 1 saturated heterocycles. The fourth-order valence-electron chi connectivity index (χ4n) is 1.76. The minimum atomic E-state index is -0.102. The van der Waals surface area contributed by atoms with E-state index in [-0.39, 0.29) is 11.9 Å². The third-order valence-corrected chi connectivity index (χ3v) is 2.84. The van der Waals surface area contributed by atoms with Crippen molar-refractivity contribution in [3.63, 3.8) is 0 Å². The summed E-state index contributed by atoms with van der Waals surface area (Å²) in [4.78, 5) is 15.9. The Hall–Kier alpha value is -1.13. The maximum absolute atomic E-state index is 11.8. The molecule has 1 aromatic rings. The van der Waals surface area contributed by atoms with Crippen molar-refractivity contribution in [1.82, 2.24) is 10.3 Å². The quantitative estimate of drug-likeness (QED) is 0.828. The van der Waals surface area contributed by atoms with Gasteiger partial charge in [-0.1, -0.05) is 18.0 Å². The lowest BCUT2D eigenvalue weighted by molar-refractivity contribution is -0.118. The Bertz CT molecular complexity index is 377. The Labute approximate surface area is 99.4 Å². The van der Waals surface area contributed by atoms with Gasteiger partial charge in [0, 0.05) is 11.2 Å². The highest BCUT2D eigenvalue weighted by Crippen LogP contribution is 2.13. The number of halogens is 1. The topological polar surface area (TPSA) is 54.0 Å². The van der Waals surface area contributed by atoms with Crippen molar-refractivity contribution in [2.24, 2.45) is 0 Å². The Balaban J connectivity index is 1.96. The number of nitrogens with one attached hydrogen (secondary N) is 2. The van der Waals surface area contributed by atoms with E-state index in [0.717, 1.165) is 25.8 Å². The molecule has 1 fully saturated rings. The smallest absolute Gasteiger partial charge is 0.242 e. The number of piperidine rings is 1. The van der Waals surface area contributed by atoms with Gasteiger partial charge >= 0.3 is 0 Å². The molecule has 0 radical (unpaired) electrons. The normalized spacial score (nSPS) is 20.4. The molecule has 16 heavy (non-hydrogen) atoms. The first kappa shape index (κ1) is 11.4. The van der Waals surface area contributed by atoms with Gasteiger partial charge < -0.3 is 10.6 Å². The van der Waals surface area contributed by atoms with Gasteiger partial charge in [-0.25, -0.2) is 4.98 Å². The molecule has 0 saturated carbocycles. The first-order valence-electron chi connectivity index (χ1n) is 5.41. The Morgan fingerprint density at radius 1 is 1.56 bits per heavy atom. The van der Waals surface area contributed by atoms with E-state index in [2.05, 4.69) is 15.6 Å². The Morgan fingerprint density at radius 2 is 2.44 bits per heavy atom. The number of nitrogens with zero attached hydrogens (tertiary/aromatic N) is 1. The van der Waals surface area contributed by atoms with Gasteiger partial charge in [0.05, 0.1) is 6.04 Å². The van der Waals surface area contributed by atoms with Gasteiger partial charge in [0.2, 0.25) is 5.91 Å². The first-order chi connectivity index (χ1) is 7.75. The van der Waals surface area contributed by atoms with Crippen molar-refractivity contribution < 1.29 is 4.79 Å². The number of rotatable bonds is 2. The van der Waals surface area contributed by atoms with Crippen LogP contribution in [-0.4, -0.2) is 23.5 Å². The minimum Gasteiger partial charge on any atom is -0.309 e. The largest absolute Gasteiger partial charge is 0.309 e. The van der Waals surface area contributed by atoms with E-state index in [1.807, 2.05) is 0 Å². The second kappa shape index (κ2) is 5.27. The summed E-state index contributed by atoms with van der Waals surface area (Å²) >= 11 is 5.81. The lowest BCUT2D eigenvalue weighted by Gasteiger charge is -2.22. The monoisotopic (exact) mass is 239 g/mol. The lowest BCUT2D eigenvalue weighted by atomic mass is 10.0. The number of hydrogen-bond acceptors (Lipinski definition) is 3. The van der Waals surface area contributed by atoms with Gasteiger partial charge in [-0.2, -0.15) is 0 Å². The van der Waals surface area contributed by atoms with E-state index >= 15 is 0 Å². The summed E-state index contributed by atoms with van der Waals surface area (Å²) in [6, 6.07) is 3.22. The average Bonchev–Trinajstić information content (AvgIpc) is 2.30. The molecule has 0 aromatic carbocycles. The van der Waals surface area contributed by atoms with E-state index in [1.165, 1.54) is 0 Å². The van der Waals surface area contributed by atoms with Crippen LogP contribution in [0.15, 0.2) is 18.3 Å². The van der Waals surface area contributed by atoms with Gasteiger partial charge in [-0.05, 0) is 31.5 Å². The Morgan fingerprint density at radius 3 is 3.12 bits per heavy atom. The molecule has 2 N–H and O–H groups in total. The van der Waals surface area contributed by atoms with Crippen molar-refractivity contribution in [1.29, 1.82) is 0 Å². The second-order valence-corrected chi connectivity index (χ2v) is 4.29.